The van der Waals surface area contributed by atoms with Crippen LogP contribution < -0.4 is 0 Å². The quantitative estimate of drug-likeness (QED) is 0.396. The minimum absolute atomic E-state index is 1.14. The van der Waals surface area contributed by atoms with Gasteiger partial charge < -0.3 is 0 Å². The third-order valence-electron chi connectivity index (χ3n) is 13.2. The molecule has 0 spiro atoms. The first-order valence-electron chi connectivity index (χ1n) is 15.4. The SMILES string of the molecule is C1CCC2C(C1)CCCC2C1C2C3CCCCC3CCC2C2CCC3CCCCC3C21. The fourth-order valence-corrected chi connectivity index (χ4v) is 12.5. The molecule has 7 fully saturated rings. The molecule has 0 aromatic carbocycles. The van der Waals surface area contributed by atoms with E-state index >= 15 is 0 Å². The fraction of sp³-hybridized carbons (Fsp3) is 1.00. The van der Waals surface area contributed by atoms with Crippen LogP contribution in [0.5, 0.6) is 0 Å². The Balaban J connectivity index is 1.28. The molecule has 7 rings (SSSR count). The normalized spacial score (nSPS) is 56.5. The molecule has 0 radical (unpaired) electrons. The standard InChI is InChI=1S/C31H50/c1-4-12-23-20(8-1)11-7-15-26(23)31-29-24-13-5-2-9-21(24)16-18-27(29)28-19-17-22-10-3-6-14-25(22)30(28)31/h20-31H,1-19H2. The number of hydrogen-bond donors (Lipinski definition) is 0. The van der Waals surface area contributed by atoms with Crippen molar-refractivity contribution in [2.75, 3.05) is 0 Å². The molecule has 0 amide bonds. The maximum atomic E-state index is 1.65. The molecule has 0 saturated heterocycles. The van der Waals surface area contributed by atoms with Gasteiger partial charge in [-0.05, 0) is 122 Å². The van der Waals surface area contributed by atoms with E-state index < -0.39 is 0 Å². The van der Waals surface area contributed by atoms with Crippen LogP contribution in [0, 0.1) is 71.0 Å². The molecular weight excluding hydrogens is 372 g/mol. The van der Waals surface area contributed by atoms with Crippen LogP contribution in [0.15, 0.2) is 0 Å². The molecule has 0 aliphatic heterocycles. The minimum atomic E-state index is 1.14. The molecule has 0 nitrogen and oxygen atoms in total. The van der Waals surface area contributed by atoms with Gasteiger partial charge in [-0.25, -0.2) is 0 Å². The van der Waals surface area contributed by atoms with Gasteiger partial charge in [0.05, 0.1) is 0 Å². The first-order chi connectivity index (χ1) is 15.4. The van der Waals surface area contributed by atoms with Crippen molar-refractivity contribution >= 4 is 0 Å². The molecule has 0 heteroatoms. The van der Waals surface area contributed by atoms with Gasteiger partial charge in [0.2, 0.25) is 0 Å². The van der Waals surface area contributed by atoms with Crippen LogP contribution in [0.4, 0.5) is 0 Å². The monoisotopic (exact) mass is 422 g/mol. The molecule has 11 unspecified atom stereocenters. The smallest absolute Gasteiger partial charge is 0.0315 e. The predicted molar refractivity (Wildman–Crippen MR) is 130 cm³/mol. The molecule has 31 heavy (non-hydrogen) atoms. The lowest BCUT2D eigenvalue weighted by molar-refractivity contribution is -0.0382. The zero-order valence-electron chi connectivity index (χ0n) is 20.4. The minimum Gasteiger partial charge on any atom is -0.0530 e. The van der Waals surface area contributed by atoms with Gasteiger partial charge in [0.25, 0.3) is 0 Å². The van der Waals surface area contributed by atoms with E-state index in [2.05, 4.69) is 0 Å². The van der Waals surface area contributed by atoms with Crippen LogP contribution in [0.2, 0.25) is 0 Å². The highest BCUT2D eigenvalue weighted by Crippen LogP contribution is 2.68. The van der Waals surface area contributed by atoms with Crippen molar-refractivity contribution in [3.8, 4) is 0 Å². The van der Waals surface area contributed by atoms with Crippen molar-refractivity contribution in [3.05, 3.63) is 0 Å². The van der Waals surface area contributed by atoms with Crippen LogP contribution in [-0.4, -0.2) is 0 Å². The summed E-state index contributed by atoms with van der Waals surface area (Å²) in [6.07, 6.45) is 30.6. The summed E-state index contributed by atoms with van der Waals surface area (Å²) in [4.78, 5) is 0. The lowest BCUT2D eigenvalue weighted by Gasteiger charge is -2.53. The molecule has 0 aromatic heterocycles. The molecule has 11 atom stereocenters. The average Bonchev–Trinajstić information content (AvgIpc) is 3.19. The predicted octanol–water partition coefficient (Wildman–Crippen LogP) is 8.89. The third-order valence-corrected chi connectivity index (χ3v) is 13.2. The molecule has 0 aromatic rings. The first-order valence-corrected chi connectivity index (χ1v) is 15.4. The van der Waals surface area contributed by atoms with Gasteiger partial charge in [-0.15, -0.1) is 0 Å². The van der Waals surface area contributed by atoms with Crippen molar-refractivity contribution in [3.63, 3.8) is 0 Å². The van der Waals surface area contributed by atoms with Crippen LogP contribution in [-0.2, 0) is 0 Å². The number of rotatable bonds is 1. The van der Waals surface area contributed by atoms with Gasteiger partial charge in [-0.1, -0.05) is 70.6 Å². The lowest BCUT2D eigenvalue weighted by Crippen LogP contribution is -2.46. The molecule has 0 bridgehead atoms. The summed E-state index contributed by atoms with van der Waals surface area (Å²) in [6, 6.07) is 0. The highest BCUT2D eigenvalue weighted by Gasteiger charge is 2.62. The van der Waals surface area contributed by atoms with Gasteiger partial charge >= 0.3 is 0 Å². The fourth-order valence-electron chi connectivity index (χ4n) is 12.5. The van der Waals surface area contributed by atoms with Crippen molar-refractivity contribution in [2.45, 2.75) is 122 Å². The summed E-state index contributed by atoms with van der Waals surface area (Å²) in [5, 5.41) is 0. The van der Waals surface area contributed by atoms with E-state index in [1.54, 1.807) is 122 Å². The molecule has 7 saturated carbocycles. The molecular formula is C31H50. The van der Waals surface area contributed by atoms with Gasteiger partial charge in [-0.2, -0.15) is 0 Å². The highest BCUT2D eigenvalue weighted by atomic mass is 14.7. The maximum absolute atomic E-state index is 1.65. The van der Waals surface area contributed by atoms with E-state index in [-0.39, 0.29) is 0 Å². The Morgan fingerprint density at radius 2 is 0.613 bits per heavy atom. The number of hydrogen-bond acceptors (Lipinski definition) is 0. The average molecular weight is 423 g/mol. The van der Waals surface area contributed by atoms with Gasteiger partial charge in [0.1, 0.15) is 0 Å². The summed E-state index contributed by atoms with van der Waals surface area (Å²) in [7, 11) is 0. The maximum Gasteiger partial charge on any atom is -0.0315 e. The second kappa shape index (κ2) is 8.34. The summed E-state index contributed by atoms with van der Waals surface area (Å²) in [5.41, 5.74) is 0. The number of fused-ring (bicyclic) bond motifs is 8. The summed E-state index contributed by atoms with van der Waals surface area (Å²) < 4.78 is 0. The summed E-state index contributed by atoms with van der Waals surface area (Å²) in [6.45, 7) is 0. The Morgan fingerprint density at radius 1 is 0.226 bits per heavy atom. The van der Waals surface area contributed by atoms with E-state index in [9.17, 15) is 0 Å². The van der Waals surface area contributed by atoms with Gasteiger partial charge in [0.15, 0.2) is 0 Å². The molecule has 0 N–H and O–H groups in total. The largest absolute Gasteiger partial charge is 0.0530 e. The summed E-state index contributed by atoms with van der Waals surface area (Å²) in [5.74, 6) is 13.9. The van der Waals surface area contributed by atoms with E-state index in [1.807, 2.05) is 0 Å². The van der Waals surface area contributed by atoms with Gasteiger partial charge in [-0.3, -0.25) is 0 Å². The lowest BCUT2D eigenvalue weighted by atomic mass is 9.52. The van der Waals surface area contributed by atoms with Crippen LogP contribution in [0.1, 0.15) is 122 Å². The zero-order valence-corrected chi connectivity index (χ0v) is 20.4. The topological polar surface area (TPSA) is 0 Å². The Hall–Kier alpha value is 0. The molecule has 0 heterocycles. The molecule has 174 valence electrons. The van der Waals surface area contributed by atoms with Gasteiger partial charge in [0, 0.05) is 0 Å². The van der Waals surface area contributed by atoms with Crippen LogP contribution in [0.3, 0.4) is 0 Å². The molecule has 7 aliphatic carbocycles. The Morgan fingerprint density at radius 3 is 1.19 bits per heavy atom. The first kappa shape index (κ1) is 20.4. The Kier molecular flexibility index (Phi) is 5.48. The van der Waals surface area contributed by atoms with Crippen molar-refractivity contribution < 1.29 is 0 Å². The van der Waals surface area contributed by atoms with Crippen molar-refractivity contribution in [1.29, 1.82) is 0 Å². The van der Waals surface area contributed by atoms with E-state index in [4.69, 9.17) is 0 Å². The van der Waals surface area contributed by atoms with Crippen LogP contribution >= 0.6 is 0 Å². The van der Waals surface area contributed by atoms with E-state index in [1.165, 1.54) is 29.6 Å². The van der Waals surface area contributed by atoms with E-state index in [0.29, 0.717) is 0 Å². The van der Waals surface area contributed by atoms with E-state index in [0.717, 1.165) is 41.4 Å². The summed E-state index contributed by atoms with van der Waals surface area (Å²) >= 11 is 0. The molecule has 7 aliphatic rings. The Bertz CT molecular complexity index is 596. The van der Waals surface area contributed by atoms with Crippen LogP contribution in [0.25, 0.3) is 0 Å². The van der Waals surface area contributed by atoms with Crippen molar-refractivity contribution in [2.24, 2.45) is 71.0 Å². The zero-order chi connectivity index (χ0) is 20.4. The third kappa shape index (κ3) is 3.26. The Labute approximate surface area is 193 Å². The second-order valence-electron chi connectivity index (χ2n) is 13.9. The highest BCUT2D eigenvalue weighted by molar-refractivity contribution is 5.10. The van der Waals surface area contributed by atoms with Crippen molar-refractivity contribution in [1.82, 2.24) is 0 Å². The second-order valence-corrected chi connectivity index (χ2v) is 13.9.